The maximum atomic E-state index is 11.7. The van der Waals surface area contributed by atoms with Gasteiger partial charge in [-0.2, -0.15) is 0 Å². The summed E-state index contributed by atoms with van der Waals surface area (Å²) < 4.78 is 5.15. The van der Waals surface area contributed by atoms with Gasteiger partial charge < -0.3 is 15.4 Å². The highest BCUT2D eigenvalue weighted by Gasteiger charge is 2.21. The summed E-state index contributed by atoms with van der Waals surface area (Å²) in [6, 6.07) is 7.84. The van der Waals surface area contributed by atoms with E-state index in [9.17, 15) is 4.79 Å². The average molecular weight is 278 g/mol. The Morgan fingerprint density at radius 1 is 1.20 bits per heavy atom. The van der Waals surface area contributed by atoms with Gasteiger partial charge in [0, 0.05) is 18.5 Å². The summed E-state index contributed by atoms with van der Waals surface area (Å²) in [5.74, 6) is 1.29. The molecule has 20 heavy (non-hydrogen) atoms. The molecule has 1 aromatic carbocycles. The van der Waals surface area contributed by atoms with Gasteiger partial charge in [0.15, 0.2) is 0 Å². The molecule has 0 radical (unpaired) electrons. The second-order valence-corrected chi connectivity index (χ2v) is 6.07. The first-order chi connectivity index (χ1) is 9.35. The molecule has 0 saturated heterocycles. The number of amides is 2. The van der Waals surface area contributed by atoms with Gasteiger partial charge in [0.2, 0.25) is 0 Å². The molecule has 0 heterocycles. The largest absolute Gasteiger partial charge is 0.497 e. The van der Waals surface area contributed by atoms with Crippen molar-refractivity contribution in [2.24, 2.45) is 5.92 Å². The Morgan fingerprint density at radius 3 is 2.30 bits per heavy atom. The number of urea groups is 1. The molecule has 0 fully saturated rings. The molecular formula is C16H26N2O2. The second-order valence-electron chi connectivity index (χ2n) is 6.07. The molecule has 4 heteroatoms. The zero-order chi connectivity index (χ0) is 15.2. The molecule has 1 rings (SSSR count). The molecule has 2 amide bonds. The van der Waals surface area contributed by atoms with Crippen LogP contribution in [0.4, 0.5) is 4.79 Å². The molecule has 0 unspecified atom stereocenters. The van der Waals surface area contributed by atoms with E-state index in [4.69, 9.17) is 4.74 Å². The fourth-order valence-electron chi connectivity index (χ4n) is 1.80. The van der Waals surface area contributed by atoms with Crippen LogP contribution < -0.4 is 15.4 Å². The molecule has 0 atom stereocenters. The van der Waals surface area contributed by atoms with E-state index >= 15 is 0 Å². The molecule has 0 aromatic heterocycles. The molecule has 0 bridgehead atoms. The lowest BCUT2D eigenvalue weighted by atomic mass is 9.84. The van der Waals surface area contributed by atoms with Crippen molar-refractivity contribution in [3.05, 3.63) is 29.8 Å². The van der Waals surface area contributed by atoms with Gasteiger partial charge >= 0.3 is 6.03 Å². The van der Waals surface area contributed by atoms with Gasteiger partial charge in [-0.15, -0.1) is 0 Å². The van der Waals surface area contributed by atoms with E-state index in [0.29, 0.717) is 19.0 Å². The third-order valence-electron chi connectivity index (χ3n) is 3.23. The van der Waals surface area contributed by atoms with E-state index in [1.807, 2.05) is 24.3 Å². The van der Waals surface area contributed by atoms with Crippen LogP contribution in [0.3, 0.4) is 0 Å². The van der Waals surface area contributed by atoms with Crippen LogP contribution >= 0.6 is 0 Å². The monoisotopic (exact) mass is 278 g/mol. The van der Waals surface area contributed by atoms with E-state index in [-0.39, 0.29) is 11.4 Å². The van der Waals surface area contributed by atoms with Crippen molar-refractivity contribution in [3.63, 3.8) is 0 Å². The van der Waals surface area contributed by atoms with Crippen LogP contribution in [-0.4, -0.2) is 26.2 Å². The van der Waals surface area contributed by atoms with Crippen molar-refractivity contribution in [3.8, 4) is 5.75 Å². The third kappa shape index (κ3) is 5.11. The van der Waals surface area contributed by atoms with Gasteiger partial charge in [0.25, 0.3) is 0 Å². The number of nitrogens with one attached hydrogen (secondary N) is 2. The second kappa shape index (κ2) is 7.17. The van der Waals surface area contributed by atoms with Crippen LogP contribution in [0.25, 0.3) is 0 Å². The minimum absolute atomic E-state index is 0.111. The van der Waals surface area contributed by atoms with E-state index in [0.717, 1.165) is 5.75 Å². The lowest BCUT2D eigenvalue weighted by Crippen LogP contribution is -2.43. The fourth-order valence-corrected chi connectivity index (χ4v) is 1.80. The quantitative estimate of drug-likeness (QED) is 0.840. The molecule has 0 aliphatic carbocycles. The van der Waals surface area contributed by atoms with Crippen LogP contribution in [0.2, 0.25) is 0 Å². The average Bonchev–Trinajstić information content (AvgIpc) is 2.43. The minimum Gasteiger partial charge on any atom is -0.497 e. The van der Waals surface area contributed by atoms with Crippen molar-refractivity contribution < 1.29 is 9.53 Å². The Balaban J connectivity index is 2.53. The molecule has 4 nitrogen and oxygen atoms in total. The van der Waals surface area contributed by atoms with E-state index in [1.165, 1.54) is 5.56 Å². The number of benzene rings is 1. The summed E-state index contributed by atoms with van der Waals surface area (Å²) in [5, 5.41) is 5.78. The normalized spacial score (nSPS) is 11.3. The van der Waals surface area contributed by atoms with E-state index in [1.54, 1.807) is 7.11 Å². The summed E-state index contributed by atoms with van der Waals surface area (Å²) in [5.41, 5.74) is 1.05. The Hall–Kier alpha value is -1.71. The lowest BCUT2D eigenvalue weighted by molar-refractivity contribution is 0.237. The first-order valence-corrected chi connectivity index (χ1v) is 7.01. The first kappa shape index (κ1) is 16.3. The Morgan fingerprint density at radius 2 is 1.80 bits per heavy atom. The zero-order valence-corrected chi connectivity index (χ0v) is 13.1. The molecule has 1 aromatic rings. The van der Waals surface area contributed by atoms with Crippen LogP contribution in [0.5, 0.6) is 5.75 Å². The topological polar surface area (TPSA) is 50.4 Å². The standard InChI is InChI=1S/C16H26N2O2/c1-12(2)10-17-15(19)18-11-16(3,4)13-6-8-14(20-5)9-7-13/h6-9,12H,10-11H2,1-5H3,(H2,17,18,19). The van der Waals surface area contributed by atoms with Gasteiger partial charge in [0.1, 0.15) is 5.75 Å². The van der Waals surface area contributed by atoms with Gasteiger partial charge in [-0.05, 0) is 23.6 Å². The molecule has 112 valence electrons. The Bertz CT molecular complexity index is 425. The van der Waals surface area contributed by atoms with Gasteiger partial charge in [-0.25, -0.2) is 4.79 Å². The minimum atomic E-state index is -0.124. The number of rotatable bonds is 6. The summed E-state index contributed by atoms with van der Waals surface area (Å²) in [6.07, 6.45) is 0. The highest BCUT2D eigenvalue weighted by atomic mass is 16.5. The number of methoxy groups -OCH3 is 1. The Labute approximate surface area is 121 Å². The summed E-state index contributed by atoms with van der Waals surface area (Å²) >= 11 is 0. The van der Waals surface area contributed by atoms with Crippen molar-refractivity contribution in [2.45, 2.75) is 33.1 Å². The van der Waals surface area contributed by atoms with Crippen LogP contribution in [-0.2, 0) is 5.41 Å². The predicted molar refractivity (Wildman–Crippen MR) is 82.3 cm³/mol. The third-order valence-corrected chi connectivity index (χ3v) is 3.23. The maximum Gasteiger partial charge on any atom is 0.314 e. The van der Waals surface area contributed by atoms with Gasteiger partial charge in [-0.1, -0.05) is 39.8 Å². The summed E-state index contributed by atoms with van der Waals surface area (Å²) in [6.45, 7) is 9.64. The molecule has 0 aliphatic rings. The van der Waals surface area contributed by atoms with Crippen molar-refractivity contribution in [1.82, 2.24) is 10.6 Å². The van der Waals surface area contributed by atoms with Crippen LogP contribution in [0.15, 0.2) is 24.3 Å². The lowest BCUT2D eigenvalue weighted by Gasteiger charge is -2.26. The number of hydrogen-bond donors (Lipinski definition) is 2. The number of carbonyl (C=O) groups is 1. The number of ether oxygens (including phenoxy) is 1. The fraction of sp³-hybridized carbons (Fsp3) is 0.562. The maximum absolute atomic E-state index is 11.7. The number of hydrogen-bond acceptors (Lipinski definition) is 2. The molecular weight excluding hydrogens is 252 g/mol. The smallest absolute Gasteiger partial charge is 0.314 e. The van der Waals surface area contributed by atoms with Crippen LogP contribution in [0, 0.1) is 5.92 Å². The molecule has 2 N–H and O–H groups in total. The predicted octanol–water partition coefficient (Wildman–Crippen LogP) is 2.93. The van der Waals surface area contributed by atoms with Gasteiger partial charge in [0.05, 0.1) is 7.11 Å². The SMILES string of the molecule is COc1ccc(C(C)(C)CNC(=O)NCC(C)C)cc1. The Kier molecular flexibility index (Phi) is 5.86. The highest BCUT2D eigenvalue weighted by molar-refractivity contribution is 5.73. The van der Waals surface area contributed by atoms with Crippen molar-refractivity contribution in [2.75, 3.05) is 20.2 Å². The van der Waals surface area contributed by atoms with Crippen molar-refractivity contribution in [1.29, 1.82) is 0 Å². The molecule has 0 aliphatic heterocycles. The molecule has 0 spiro atoms. The highest BCUT2D eigenvalue weighted by Crippen LogP contribution is 2.24. The van der Waals surface area contributed by atoms with Gasteiger partial charge in [-0.3, -0.25) is 0 Å². The molecule has 0 saturated carbocycles. The summed E-state index contributed by atoms with van der Waals surface area (Å²) in [4.78, 5) is 11.7. The van der Waals surface area contributed by atoms with Crippen molar-refractivity contribution >= 4 is 6.03 Å². The van der Waals surface area contributed by atoms with E-state index < -0.39 is 0 Å². The number of carbonyl (C=O) groups excluding carboxylic acids is 1. The summed E-state index contributed by atoms with van der Waals surface area (Å²) in [7, 11) is 1.65. The van der Waals surface area contributed by atoms with Crippen LogP contribution in [0.1, 0.15) is 33.3 Å². The van der Waals surface area contributed by atoms with E-state index in [2.05, 4.69) is 38.3 Å². The zero-order valence-electron chi connectivity index (χ0n) is 13.1. The first-order valence-electron chi connectivity index (χ1n) is 7.01.